The Morgan fingerprint density at radius 1 is 1.53 bits per heavy atom. The van der Waals surface area contributed by atoms with Gasteiger partial charge in [0.1, 0.15) is 0 Å². The molecule has 2 atom stereocenters. The van der Waals surface area contributed by atoms with Crippen molar-refractivity contribution in [3.63, 3.8) is 0 Å². The third kappa shape index (κ3) is 4.82. The lowest BCUT2D eigenvalue weighted by molar-refractivity contribution is -0.130. The molecule has 0 bridgehead atoms. The maximum absolute atomic E-state index is 12.0. The van der Waals surface area contributed by atoms with E-state index < -0.39 is 0 Å². The van der Waals surface area contributed by atoms with Crippen molar-refractivity contribution in [2.45, 2.75) is 45.6 Å². The van der Waals surface area contributed by atoms with Crippen molar-refractivity contribution in [1.82, 2.24) is 10.2 Å². The highest BCUT2D eigenvalue weighted by atomic mass is 16.5. The van der Waals surface area contributed by atoms with Gasteiger partial charge in [-0.15, -0.1) is 0 Å². The summed E-state index contributed by atoms with van der Waals surface area (Å²) in [5.41, 5.74) is 0. The second-order valence-corrected chi connectivity index (χ2v) is 5.25. The van der Waals surface area contributed by atoms with Crippen LogP contribution < -0.4 is 5.32 Å². The van der Waals surface area contributed by atoms with Crippen LogP contribution in [0, 0.1) is 5.92 Å². The molecule has 0 aromatic rings. The Hall–Kier alpha value is -1.10. The van der Waals surface area contributed by atoms with Crippen LogP contribution in [-0.2, 0) is 14.3 Å². The van der Waals surface area contributed by atoms with Crippen LogP contribution in [0.4, 0.5) is 0 Å². The van der Waals surface area contributed by atoms with Gasteiger partial charge >= 0.3 is 0 Å². The topological polar surface area (TPSA) is 58.6 Å². The van der Waals surface area contributed by atoms with Gasteiger partial charge < -0.3 is 15.0 Å². The van der Waals surface area contributed by atoms with E-state index >= 15 is 0 Å². The third-order valence-corrected chi connectivity index (χ3v) is 3.55. The van der Waals surface area contributed by atoms with Crippen molar-refractivity contribution >= 4 is 11.8 Å². The maximum Gasteiger partial charge on any atom is 0.225 e. The number of nitrogens with zero attached hydrogens (tertiary/aromatic N) is 1. The highest BCUT2D eigenvalue weighted by molar-refractivity contribution is 5.89. The molecule has 19 heavy (non-hydrogen) atoms. The zero-order valence-electron chi connectivity index (χ0n) is 12.3. The number of hydrogen-bond acceptors (Lipinski definition) is 3. The van der Waals surface area contributed by atoms with Gasteiger partial charge in [0.25, 0.3) is 0 Å². The van der Waals surface area contributed by atoms with Gasteiger partial charge in [0, 0.05) is 26.6 Å². The molecule has 110 valence electrons. The first-order chi connectivity index (χ1) is 9.10. The lowest BCUT2D eigenvalue weighted by Gasteiger charge is -2.23. The van der Waals surface area contributed by atoms with Crippen molar-refractivity contribution in [3.05, 3.63) is 0 Å². The molecule has 0 unspecified atom stereocenters. The monoisotopic (exact) mass is 270 g/mol. The van der Waals surface area contributed by atoms with Crippen LogP contribution in [0.1, 0.15) is 39.5 Å². The molecule has 1 fully saturated rings. The van der Waals surface area contributed by atoms with Crippen LogP contribution in [0.3, 0.4) is 0 Å². The number of nitrogens with one attached hydrogen (secondary N) is 1. The van der Waals surface area contributed by atoms with Gasteiger partial charge in [-0.25, -0.2) is 0 Å². The summed E-state index contributed by atoms with van der Waals surface area (Å²) in [6.07, 6.45) is 3.60. The van der Waals surface area contributed by atoms with Gasteiger partial charge in [0.15, 0.2) is 0 Å². The van der Waals surface area contributed by atoms with Crippen molar-refractivity contribution in [2.24, 2.45) is 5.92 Å². The summed E-state index contributed by atoms with van der Waals surface area (Å²) in [6.45, 7) is 5.82. The van der Waals surface area contributed by atoms with Crippen LogP contribution in [0.2, 0.25) is 0 Å². The highest BCUT2D eigenvalue weighted by Gasteiger charge is 2.36. The van der Waals surface area contributed by atoms with Crippen molar-refractivity contribution in [2.75, 3.05) is 26.8 Å². The summed E-state index contributed by atoms with van der Waals surface area (Å²) >= 11 is 0. The van der Waals surface area contributed by atoms with Gasteiger partial charge in [-0.3, -0.25) is 9.59 Å². The summed E-state index contributed by atoms with van der Waals surface area (Å²) in [4.78, 5) is 25.6. The van der Waals surface area contributed by atoms with Crippen LogP contribution in [-0.4, -0.2) is 49.6 Å². The number of unbranched alkanes of at least 4 members (excludes halogenated alkanes) is 2. The highest BCUT2D eigenvalue weighted by Crippen LogP contribution is 2.20. The first-order valence-corrected chi connectivity index (χ1v) is 7.16. The zero-order valence-corrected chi connectivity index (χ0v) is 12.3. The van der Waals surface area contributed by atoms with Crippen molar-refractivity contribution in [3.8, 4) is 0 Å². The third-order valence-electron chi connectivity index (χ3n) is 3.55. The lowest BCUT2D eigenvalue weighted by Crippen LogP contribution is -2.39. The summed E-state index contributed by atoms with van der Waals surface area (Å²) in [5, 5.41) is 2.92. The molecule has 1 N–H and O–H groups in total. The van der Waals surface area contributed by atoms with Gasteiger partial charge in [-0.2, -0.15) is 0 Å². The summed E-state index contributed by atoms with van der Waals surface area (Å²) in [7, 11) is 1.62. The van der Waals surface area contributed by atoms with E-state index in [9.17, 15) is 9.59 Å². The first-order valence-electron chi connectivity index (χ1n) is 7.16. The Bertz CT molecular complexity index is 307. The molecule has 2 amide bonds. The summed E-state index contributed by atoms with van der Waals surface area (Å²) < 4.78 is 5.06. The van der Waals surface area contributed by atoms with Gasteiger partial charge in [-0.05, 0) is 13.3 Å². The van der Waals surface area contributed by atoms with Crippen molar-refractivity contribution < 1.29 is 14.3 Å². The molecule has 1 aliphatic rings. The van der Waals surface area contributed by atoms with Crippen LogP contribution in [0.15, 0.2) is 0 Å². The number of rotatable bonds is 8. The quantitative estimate of drug-likeness (QED) is 0.674. The lowest BCUT2D eigenvalue weighted by atomic mass is 10.1. The number of amides is 2. The minimum atomic E-state index is -0.201. The average molecular weight is 270 g/mol. The largest absolute Gasteiger partial charge is 0.383 e. The Morgan fingerprint density at radius 2 is 2.26 bits per heavy atom. The van der Waals surface area contributed by atoms with E-state index in [4.69, 9.17) is 4.74 Å². The molecule has 0 aromatic heterocycles. The predicted molar refractivity (Wildman–Crippen MR) is 73.7 cm³/mol. The molecule has 1 rings (SSSR count). The Balaban J connectivity index is 2.36. The second-order valence-electron chi connectivity index (χ2n) is 5.25. The molecule has 1 aliphatic heterocycles. The Morgan fingerprint density at radius 3 is 2.89 bits per heavy atom. The van der Waals surface area contributed by atoms with E-state index in [0.29, 0.717) is 26.1 Å². The predicted octanol–water partition coefficient (Wildman–Crippen LogP) is 1.18. The number of ether oxygens (including phenoxy) is 1. The molecule has 0 aromatic carbocycles. The van der Waals surface area contributed by atoms with E-state index in [1.165, 1.54) is 0 Å². The molecule has 5 heteroatoms. The fourth-order valence-corrected chi connectivity index (χ4v) is 2.40. The zero-order chi connectivity index (χ0) is 14.3. The normalized spacial score (nSPS) is 20.7. The van der Waals surface area contributed by atoms with E-state index in [1.807, 2.05) is 6.92 Å². The van der Waals surface area contributed by atoms with E-state index in [0.717, 1.165) is 19.3 Å². The van der Waals surface area contributed by atoms with Crippen LogP contribution in [0.5, 0.6) is 0 Å². The molecule has 0 radical (unpaired) electrons. The molecule has 1 saturated heterocycles. The molecule has 1 heterocycles. The fraction of sp³-hybridized carbons (Fsp3) is 0.857. The van der Waals surface area contributed by atoms with Gasteiger partial charge in [0.2, 0.25) is 11.8 Å². The van der Waals surface area contributed by atoms with Crippen LogP contribution in [0.25, 0.3) is 0 Å². The number of carbonyl (C=O) groups excluding carboxylic acids is 2. The number of methoxy groups -OCH3 is 1. The van der Waals surface area contributed by atoms with Crippen molar-refractivity contribution in [1.29, 1.82) is 0 Å². The smallest absolute Gasteiger partial charge is 0.225 e. The average Bonchev–Trinajstić information content (AvgIpc) is 2.77. The number of likely N-dealkylation sites (tertiary alicyclic amines) is 1. The number of carbonyl (C=O) groups is 2. The van der Waals surface area contributed by atoms with Crippen LogP contribution >= 0.6 is 0 Å². The molecule has 0 saturated carbocycles. The Kier molecular flexibility index (Phi) is 6.84. The maximum atomic E-state index is 12.0. The first kappa shape index (κ1) is 16.0. The minimum Gasteiger partial charge on any atom is -0.383 e. The number of hydrogen-bond donors (Lipinski definition) is 1. The van der Waals surface area contributed by atoms with E-state index in [1.54, 1.807) is 12.0 Å². The molecule has 0 aliphatic carbocycles. The molecule has 5 nitrogen and oxygen atoms in total. The summed E-state index contributed by atoms with van der Waals surface area (Å²) in [5.74, 6) is -0.136. The van der Waals surface area contributed by atoms with Gasteiger partial charge in [0.05, 0.1) is 18.6 Å². The summed E-state index contributed by atoms with van der Waals surface area (Å²) in [6, 6.07) is 0.0374. The van der Waals surface area contributed by atoms with Gasteiger partial charge in [-0.1, -0.05) is 19.8 Å². The SMILES string of the molecule is CCCCCNC(=O)[C@@H]1CC(=O)N([C@H](C)COC)C1. The minimum absolute atomic E-state index is 0.0107. The molecular weight excluding hydrogens is 244 g/mol. The van der Waals surface area contributed by atoms with E-state index in [2.05, 4.69) is 12.2 Å². The Labute approximate surface area is 115 Å². The molecule has 0 spiro atoms. The fourth-order valence-electron chi connectivity index (χ4n) is 2.40. The molecular formula is C14H26N2O3. The van der Waals surface area contributed by atoms with E-state index in [-0.39, 0.29) is 23.8 Å². The second kappa shape index (κ2) is 8.15. The standard InChI is InChI=1S/C14H26N2O3/c1-4-5-6-7-15-14(18)12-8-13(17)16(9-12)11(2)10-19-3/h11-12H,4-10H2,1-3H3,(H,15,18)/t11-,12-/m1/s1.